The third kappa shape index (κ3) is 3.77. The first kappa shape index (κ1) is 16.7. The molecule has 2 fully saturated rings. The molecule has 0 aromatic carbocycles. The minimum Gasteiger partial charge on any atom is -0.353 e. The lowest BCUT2D eigenvalue weighted by Gasteiger charge is -2.36. The zero-order valence-electron chi connectivity index (χ0n) is 14.1. The molecule has 3 heterocycles. The number of aromatic nitrogens is 2. The van der Waals surface area contributed by atoms with Crippen molar-refractivity contribution < 1.29 is 9.18 Å². The van der Waals surface area contributed by atoms with E-state index in [0.29, 0.717) is 31.8 Å². The molecule has 2 aliphatic rings. The number of aromatic amines is 1. The Hall–Kier alpha value is -1.73. The van der Waals surface area contributed by atoms with Crippen LogP contribution in [0.15, 0.2) is 23.7 Å². The fraction of sp³-hybridized carbons (Fsp3) is 0.556. The normalized spacial score (nSPS) is 24.4. The Morgan fingerprint density at radius 3 is 3.16 bits per heavy atom. The zero-order valence-corrected chi connectivity index (χ0v) is 14.9. The maximum Gasteiger partial charge on any atom is 0.259 e. The molecule has 0 spiro atoms. The molecule has 2 aromatic rings. The van der Waals surface area contributed by atoms with E-state index >= 15 is 4.39 Å². The van der Waals surface area contributed by atoms with Gasteiger partial charge < -0.3 is 5.32 Å². The van der Waals surface area contributed by atoms with Crippen molar-refractivity contribution in [1.29, 1.82) is 0 Å². The van der Waals surface area contributed by atoms with Crippen LogP contribution < -0.4 is 5.32 Å². The van der Waals surface area contributed by atoms with Crippen LogP contribution in [0.4, 0.5) is 4.39 Å². The van der Waals surface area contributed by atoms with E-state index in [1.54, 1.807) is 17.5 Å². The van der Waals surface area contributed by atoms with Crippen LogP contribution in [0.25, 0.3) is 10.6 Å². The van der Waals surface area contributed by atoms with Crippen molar-refractivity contribution in [3.05, 3.63) is 29.3 Å². The van der Waals surface area contributed by atoms with Gasteiger partial charge in [0.2, 0.25) is 5.67 Å². The van der Waals surface area contributed by atoms with Crippen LogP contribution in [0.3, 0.4) is 0 Å². The van der Waals surface area contributed by atoms with Crippen LogP contribution in [0, 0.1) is 5.92 Å². The number of likely N-dealkylation sites (tertiary alicyclic amines) is 1. The van der Waals surface area contributed by atoms with Crippen molar-refractivity contribution >= 4 is 17.2 Å². The first-order valence-corrected chi connectivity index (χ1v) is 9.78. The van der Waals surface area contributed by atoms with Crippen molar-refractivity contribution in [1.82, 2.24) is 20.4 Å². The molecule has 1 aliphatic carbocycles. The molecule has 0 bridgehead atoms. The fourth-order valence-corrected chi connectivity index (χ4v) is 4.19. The summed E-state index contributed by atoms with van der Waals surface area (Å²) in [7, 11) is 0. The molecule has 25 heavy (non-hydrogen) atoms. The van der Waals surface area contributed by atoms with Crippen molar-refractivity contribution in [2.75, 3.05) is 19.6 Å². The van der Waals surface area contributed by atoms with Gasteiger partial charge in [-0.3, -0.25) is 14.8 Å². The summed E-state index contributed by atoms with van der Waals surface area (Å²) in [6.07, 6.45) is 5.11. The average molecular weight is 362 g/mol. The van der Waals surface area contributed by atoms with Crippen LogP contribution in [-0.4, -0.2) is 46.3 Å². The third-order valence-corrected chi connectivity index (χ3v) is 5.94. The molecule has 7 heteroatoms. The highest BCUT2D eigenvalue weighted by Crippen LogP contribution is 2.31. The average Bonchev–Trinajstić information content (AvgIpc) is 3.07. The number of H-pyrrole nitrogens is 1. The monoisotopic (exact) mass is 362 g/mol. The minimum absolute atomic E-state index is 0.151. The van der Waals surface area contributed by atoms with Gasteiger partial charge in [0.25, 0.3) is 5.91 Å². The molecule has 1 atom stereocenters. The van der Waals surface area contributed by atoms with Crippen LogP contribution in [0.1, 0.15) is 31.2 Å². The van der Waals surface area contributed by atoms with Gasteiger partial charge in [0.05, 0.1) is 16.8 Å². The Labute approximate surface area is 150 Å². The Balaban J connectivity index is 1.41. The number of alkyl halides is 1. The Morgan fingerprint density at radius 1 is 1.52 bits per heavy atom. The fourth-order valence-electron chi connectivity index (χ4n) is 3.44. The summed E-state index contributed by atoms with van der Waals surface area (Å²) >= 11 is 1.65. The summed E-state index contributed by atoms with van der Waals surface area (Å²) in [6, 6.07) is 4.05. The molecule has 134 valence electrons. The van der Waals surface area contributed by atoms with Gasteiger partial charge in [0.1, 0.15) is 0 Å². The number of halogens is 1. The second-order valence-corrected chi connectivity index (χ2v) is 8.13. The molecule has 0 radical (unpaired) electrons. The highest BCUT2D eigenvalue weighted by atomic mass is 32.1. The van der Waals surface area contributed by atoms with E-state index in [0.717, 1.165) is 35.5 Å². The summed E-state index contributed by atoms with van der Waals surface area (Å²) in [4.78, 5) is 15.5. The summed E-state index contributed by atoms with van der Waals surface area (Å²) in [5.74, 6) is 0.126. The van der Waals surface area contributed by atoms with Crippen molar-refractivity contribution in [3.8, 4) is 10.6 Å². The molecular formula is C18H23FN4OS. The number of hydrogen-bond donors (Lipinski definition) is 2. The maximum atomic E-state index is 15.2. The number of rotatable bonds is 6. The molecular weight excluding hydrogens is 339 g/mol. The number of carbonyl (C=O) groups is 1. The largest absolute Gasteiger partial charge is 0.353 e. The topological polar surface area (TPSA) is 61.0 Å². The van der Waals surface area contributed by atoms with E-state index in [1.165, 1.54) is 0 Å². The number of thiophene rings is 1. The van der Waals surface area contributed by atoms with E-state index in [4.69, 9.17) is 0 Å². The van der Waals surface area contributed by atoms with E-state index in [9.17, 15) is 4.79 Å². The van der Waals surface area contributed by atoms with Gasteiger partial charge in [-0.1, -0.05) is 6.07 Å². The number of nitrogens with one attached hydrogen (secondary N) is 2. The highest BCUT2D eigenvalue weighted by Gasteiger charge is 2.43. The summed E-state index contributed by atoms with van der Waals surface area (Å²) in [6.45, 7) is 2.18. The number of amides is 1. The zero-order chi connectivity index (χ0) is 17.3. The molecule has 2 N–H and O–H groups in total. The highest BCUT2D eigenvalue weighted by molar-refractivity contribution is 7.13. The number of hydrogen-bond acceptors (Lipinski definition) is 4. The van der Waals surface area contributed by atoms with Crippen molar-refractivity contribution in [3.63, 3.8) is 0 Å². The van der Waals surface area contributed by atoms with Crippen LogP contribution in [0.2, 0.25) is 0 Å². The van der Waals surface area contributed by atoms with Crippen LogP contribution >= 0.6 is 11.3 Å². The van der Waals surface area contributed by atoms with Crippen molar-refractivity contribution in [2.24, 2.45) is 5.92 Å². The summed E-state index contributed by atoms with van der Waals surface area (Å²) in [5.41, 5.74) is 0.258. The van der Waals surface area contributed by atoms with Gasteiger partial charge in [-0.05, 0) is 49.6 Å². The summed E-state index contributed by atoms with van der Waals surface area (Å²) < 4.78 is 15.2. The molecule has 1 unspecified atom stereocenters. The first-order chi connectivity index (χ1) is 12.1. The smallest absolute Gasteiger partial charge is 0.259 e. The molecule has 2 aromatic heterocycles. The van der Waals surface area contributed by atoms with Gasteiger partial charge in [-0.2, -0.15) is 5.10 Å². The van der Waals surface area contributed by atoms with Gasteiger partial charge >= 0.3 is 0 Å². The van der Waals surface area contributed by atoms with Gasteiger partial charge in [-0.25, -0.2) is 4.39 Å². The molecule has 5 nitrogen and oxygen atoms in total. The predicted molar refractivity (Wildman–Crippen MR) is 96.0 cm³/mol. The molecule has 1 aliphatic heterocycles. The lowest BCUT2D eigenvalue weighted by atomic mass is 9.93. The van der Waals surface area contributed by atoms with E-state index in [1.807, 2.05) is 22.4 Å². The van der Waals surface area contributed by atoms with Gasteiger partial charge in [0.15, 0.2) is 0 Å². The minimum atomic E-state index is -1.78. The molecule has 1 saturated carbocycles. The van der Waals surface area contributed by atoms with E-state index in [2.05, 4.69) is 15.5 Å². The third-order valence-electron chi connectivity index (χ3n) is 5.06. The molecule has 4 rings (SSSR count). The number of nitrogens with zero attached hydrogens (tertiary/aromatic N) is 2. The second kappa shape index (κ2) is 6.88. The van der Waals surface area contributed by atoms with Crippen LogP contribution in [0.5, 0.6) is 0 Å². The van der Waals surface area contributed by atoms with Gasteiger partial charge in [-0.15, -0.1) is 11.3 Å². The number of carbonyl (C=O) groups excluding carboxylic acids is 1. The van der Waals surface area contributed by atoms with Gasteiger partial charge in [0, 0.05) is 25.2 Å². The first-order valence-electron chi connectivity index (χ1n) is 8.90. The van der Waals surface area contributed by atoms with Crippen LogP contribution in [-0.2, 0) is 11.3 Å². The Morgan fingerprint density at radius 2 is 2.40 bits per heavy atom. The Bertz CT molecular complexity index is 727. The lowest BCUT2D eigenvalue weighted by Crippen LogP contribution is -2.54. The van der Waals surface area contributed by atoms with E-state index in [-0.39, 0.29) is 6.54 Å². The quantitative estimate of drug-likeness (QED) is 0.830. The molecule has 1 saturated heterocycles. The molecule has 1 amide bonds. The summed E-state index contributed by atoms with van der Waals surface area (Å²) in [5, 5.41) is 12.0. The number of piperidine rings is 1. The maximum absolute atomic E-state index is 15.2. The Kier molecular flexibility index (Phi) is 4.60. The van der Waals surface area contributed by atoms with E-state index < -0.39 is 11.6 Å². The standard InChI is InChI=1S/C18H23FN4OS/c19-18(17(24)20-9-13-4-5-13)6-2-7-23(12-18)11-14-10-21-22-16(14)15-3-1-8-25-15/h1,3,8,10,13H,2,4-7,9,11-12H2,(H,20,24)(H,21,22). The SMILES string of the molecule is O=C(NCC1CC1)C1(F)CCCN(Cc2cn[nH]c2-c2cccs2)C1. The predicted octanol–water partition coefficient (Wildman–Crippen LogP) is 2.97. The second-order valence-electron chi connectivity index (χ2n) is 7.18. The lowest BCUT2D eigenvalue weighted by molar-refractivity contribution is -0.136. The van der Waals surface area contributed by atoms with Crippen molar-refractivity contribution in [2.45, 2.75) is 37.9 Å².